The Morgan fingerprint density at radius 3 is 1.48 bits per heavy atom. The van der Waals surface area contributed by atoms with Crippen LogP contribution in [0.4, 0.5) is 0 Å². The highest BCUT2D eigenvalue weighted by molar-refractivity contribution is 5.81. The minimum Gasteiger partial charge on any atom is -0.480 e. The van der Waals surface area contributed by atoms with Gasteiger partial charge in [0.05, 0.1) is 0 Å². The number of hydrogen-bond acceptors (Lipinski definition) is 4. The lowest BCUT2D eigenvalue weighted by molar-refractivity contribution is -0.147. The molecule has 54 heavy (non-hydrogen) atoms. The number of nitrogens with one attached hydrogen (secondary N) is 1. The third kappa shape index (κ3) is 41.3. The maximum absolute atomic E-state index is 12.7. The average molecular weight is 750 g/mol. The third-order valence-corrected chi connectivity index (χ3v) is 9.04. The van der Waals surface area contributed by atoms with Crippen molar-refractivity contribution in [2.24, 2.45) is 0 Å². The summed E-state index contributed by atoms with van der Waals surface area (Å²) in [7, 11) is 0. The molecule has 6 nitrogen and oxygen atoms in total. The van der Waals surface area contributed by atoms with E-state index in [9.17, 15) is 14.4 Å². The summed E-state index contributed by atoms with van der Waals surface area (Å²) in [5.41, 5.74) is 0. The fourth-order valence-electron chi connectivity index (χ4n) is 5.84. The van der Waals surface area contributed by atoms with Crippen molar-refractivity contribution < 1.29 is 24.2 Å². The van der Waals surface area contributed by atoms with Gasteiger partial charge in [0.1, 0.15) is 12.6 Å². The van der Waals surface area contributed by atoms with Crippen LogP contribution in [0.25, 0.3) is 0 Å². The summed E-state index contributed by atoms with van der Waals surface area (Å²) < 4.78 is 5.84. The van der Waals surface area contributed by atoms with Crippen molar-refractivity contribution in [3.63, 3.8) is 0 Å². The molecule has 0 aliphatic carbocycles. The van der Waals surface area contributed by atoms with Crippen molar-refractivity contribution in [2.75, 3.05) is 6.54 Å². The Morgan fingerprint density at radius 2 is 0.963 bits per heavy atom. The van der Waals surface area contributed by atoms with Crippen LogP contribution >= 0.6 is 0 Å². The number of esters is 1. The fourth-order valence-corrected chi connectivity index (χ4v) is 5.84. The highest BCUT2D eigenvalue weighted by Gasteiger charge is 2.12. The molecular formula is C48H79NO5. The second-order valence-electron chi connectivity index (χ2n) is 14.2. The van der Waals surface area contributed by atoms with E-state index in [-0.39, 0.29) is 30.9 Å². The minimum atomic E-state index is -1.05. The molecule has 0 fully saturated rings. The topological polar surface area (TPSA) is 92.7 Å². The van der Waals surface area contributed by atoms with Crippen LogP contribution in [-0.4, -0.2) is 35.6 Å². The van der Waals surface area contributed by atoms with Gasteiger partial charge in [0.25, 0.3) is 0 Å². The number of aliphatic carboxylic acids is 1. The molecule has 1 atom stereocenters. The number of carboxylic acids is 1. The molecule has 0 saturated carbocycles. The Hall–Kier alpha value is -3.41. The molecule has 0 aromatic heterocycles. The number of hydrogen-bond donors (Lipinski definition) is 2. The van der Waals surface area contributed by atoms with E-state index in [1.54, 1.807) is 0 Å². The molecule has 0 aliphatic heterocycles. The maximum atomic E-state index is 12.7. The fraction of sp³-hybridized carbons (Fsp3) is 0.646. The van der Waals surface area contributed by atoms with Crippen LogP contribution in [-0.2, 0) is 19.1 Å². The third-order valence-electron chi connectivity index (χ3n) is 9.04. The van der Waals surface area contributed by atoms with Crippen LogP contribution < -0.4 is 5.32 Å². The van der Waals surface area contributed by atoms with Crippen molar-refractivity contribution in [1.29, 1.82) is 0 Å². The zero-order valence-corrected chi connectivity index (χ0v) is 34.5. The summed E-state index contributed by atoms with van der Waals surface area (Å²) in [6.45, 7) is 4.04. The van der Waals surface area contributed by atoms with E-state index in [2.05, 4.69) is 92.1 Å². The van der Waals surface area contributed by atoms with Gasteiger partial charge in [0, 0.05) is 12.8 Å². The second-order valence-corrected chi connectivity index (χ2v) is 14.2. The lowest BCUT2D eigenvalue weighted by Crippen LogP contribution is -2.28. The molecule has 1 unspecified atom stereocenters. The molecule has 0 spiro atoms. The lowest BCUT2D eigenvalue weighted by Gasteiger charge is -2.14. The lowest BCUT2D eigenvalue weighted by atomic mass is 10.1. The zero-order valence-electron chi connectivity index (χ0n) is 34.5. The van der Waals surface area contributed by atoms with Crippen molar-refractivity contribution in [1.82, 2.24) is 5.32 Å². The summed E-state index contributed by atoms with van der Waals surface area (Å²) in [4.78, 5) is 35.2. The van der Waals surface area contributed by atoms with Gasteiger partial charge in [-0.25, -0.2) is 0 Å². The zero-order chi connectivity index (χ0) is 39.4. The van der Waals surface area contributed by atoms with E-state index in [1.165, 1.54) is 83.5 Å². The van der Waals surface area contributed by atoms with E-state index >= 15 is 0 Å². The summed E-state index contributed by atoms with van der Waals surface area (Å²) in [5, 5.41) is 11.1. The molecule has 0 rings (SSSR count). The molecule has 0 heterocycles. The quantitative estimate of drug-likeness (QED) is 0.0372. The van der Waals surface area contributed by atoms with Crippen LogP contribution in [0, 0.1) is 0 Å². The number of carbonyl (C=O) groups excluding carboxylic acids is 2. The molecule has 1 amide bonds. The molecular weight excluding hydrogens is 671 g/mol. The van der Waals surface area contributed by atoms with Gasteiger partial charge in [-0.2, -0.15) is 0 Å². The predicted octanol–water partition coefficient (Wildman–Crippen LogP) is 13.6. The van der Waals surface area contributed by atoms with Crippen LogP contribution in [0.15, 0.2) is 85.1 Å². The minimum absolute atomic E-state index is 0.164. The van der Waals surface area contributed by atoms with E-state index < -0.39 is 5.97 Å². The smallest absolute Gasteiger partial charge is 0.322 e. The standard InChI is InChI=1S/C48H79NO5/c1-3-5-7-9-11-13-15-17-19-20-21-22-23-24-25-27-29-31-33-35-37-43-48(53)54-45(41-38-39-42-46(50)49-44-47(51)52)40-36-34-32-30-28-26-18-16-14-12-10-8-6-4-2/h6,8,12,14-15,17-18,20-21,26,30,32,36,40,45H,3-5,7,9-11,13,16,19,22-25,27-29,31,33-35,37-39,41-44H2,1-2H3,(H,49,50)(H,51,52)/b8-6-,14-12-,17-15-,21-20-,26-18-,32-30-,40-36-. The molecule has 306 valence electrons. The average Bonchev–Trinajstić information content (AvgIpc) is 3.16. The molecule has 0 aromatic rings. The van der Waals surface area contributed by atoms with Crippen LogP contribution in [0.5, 0.6) is 0 Å². The Labute approximate surface area is 331 Å². The maximum Gasteiger partial charge on any atom is 0.322 e. The van der Waals surface area contributed by atoms with Gasteiger partial charge in [0.15, 0.2) is 0 Å². The number of amides is 1. The second kappa shape index (κ2) is 42.3. The van der Waals surface area contributed by atoms with E-state index in [0.717, 1.165) is 57.8 Å². The monoisotopic (exact) mass is 750 g/mol. The molecule has 0 aliphatic rings. The Morgan fingerprint density at radius 1 is 0.519 bits per heavy atom. The van der Waals surface area contributed by atoms with Crippen LogP contribution in [0.1, 0.15) is 187 Å². The van der Waals surface area contributed by atoms with Crippen molar-refractivity contribution in [3.8, 4) is 0 Å². The first-order chi connectivity index (χ1) is 26.5. The van der Waals surface area contributed by atoms with Gasteiger partial charge in [-0.05, 0) is 96.0 Å². The van der Waals surface area contributed by atoms with Gasteiger partial charge in [-0.1, -0.05) is 163 Å². The molecule has 0 radical (unpaired) electrons. The predicted molar refractivity (Wildman–Crippen MR) is 231 cm³/mol. The summed E-state index contributed by atoms with van der Waals surface area (Å²) in [6.07, 6.45) is 58.6. The molecule has 6 heteroatoms. The number of allylic oxidation sites excluding steroid dienone is 13. The summed E-state index contributed by atoms with van der Waals surface area (Å²) >= 11 is 0. The van der Waals surface area contributed by atoms with E-state index in [1.807, 2.05) is 12.2 Å². The van der Waals surface area contributed by atoms with Crippen molar-refractivity contribution in [2.45, 2.75) is 193 Å². The number of unbranched alkanes of at least 4 members (excludes halogenated alkanes) is 15. The summed E-state index contributed by atoms with van der Waals surface area (Å²) in [6, 6.07) is 0. The van der Waals surface area contributed by atoms with E-state index in [4.69, 9.17) is 9.84 Å². The van der Waals surface area contributed by atoms with Crippen LogP contribution in [0.2, 0.25) is 0 Å². The van der Waals surface area contributed by atoms with Gasteiger partial charge in [0.2, 0.25) is 5.91 Å². The first-order valence-corrected chi connectivity index (χ1v) is 21.7. The number of rotatable bonds is 38. The molecule has 0 aromatic carbocycles. The van der Waals surface area contributed by atoms with Crippen molar-refractivity contribution in [3.05, 3.63) is 85.1 Å². The normalized spacial score (nSPS) is 12.9. The Bertz CT molecular complexity index is 1100. The highest BCUT2D eigenvalue weighted by Crippen LogP contribution is 2.15. The largest absolute Gasteiger partial charge is 0.480 e. The number of ether oxygens (including phenoxy) is 1. The van der Waals surface area contributed by atoms with Gasteiger partial charge in [-0.3, -0.25) is 14.4 Å². The molecule has 0 saturated heterocycles. The first kappa shape index (κ1) is 50.6. The van der Waals surface area contributed by atoms with Gasteiger partial charge < -0.3 is 15.2 Å². The van der Waals surface area contributed by atoms with E-state index in [0.29, 0.717) is 25.7 Å². The SMILES string of the molecule is CC/C=C\C/C=C\C/C=C\C/C=C\C/C=C\C(CCCCC(=O)NCC(=O)O)OC(=O)CCCCCCCCCCC/C=C\C/C=C\CCCCCCC. The van der Waals surface area contributed by atoms with Crippen molar-refractivity contribution >= 4 is 17.8 Å². The van der Waals surface area contributed by atoms with Crippen LogP contribution in [0.3, 0.4) is 0 Å². The number of carbonyl (C=O) groups is 3. The number of carboxylic acid groups (broad SMARTS) is 1. The molecule has 2 N–H and O–H groups in total. The summed E-state index contributed by atoms with van der Waals surface area (Å²) in [5.74, 6) is -1.49. The Balaban J connectivity index is 4.22. The first-order valence-electron chi connectivity index (χ1n) is 21.7. The van der Waals surface area contributed by atoms with Gasteiger partial charge in [-0.15, -0.1) is 0 Å². The Kier molecular flexibility index (Phi) is 39.7. The van der Waals surface area contributed by atoms with Gasteiger partial charge >= 0.3 is 11.9 Å². The highest BCUT2D eigenvalue weighted by atomic mass is 16.5. The molecule has 0 bridgehead atoms.